The number of anilines is 1. The van der Waals surface area contributed by atoms with Crippen LogP contribution >= 0.6 is 11.3 Å². The number of rotatable bonds is 22. The molecule has 9 heteroatoms. The fraction of sp³-hybridized carbons (Fsp3) is 0.403. The molecule has 8 nitrogen and oxygen atoms in total. The molecule has 0 aromatic carbocycles. The Morgan fingerprint density at radius 1 is 0.500 bits per heavy atom. The second-order valence-corrected chi connectivity index (χ2v) is 17.7. The summed E-state index contributed by atoms with van der Waals surface area (Å²) in [5, 5.41) is 2.96. The molecule has 378 valence electrons. The third-order valence-corrected chi connectivity index (χ3v) is 11.7. The van der Waals surface area contributed by atoms with Gasteiger partial charge in [0.1, 0.15) is 5.00 Å². The first-order valence-corrected chi connectivity index (χ1v) is 26.1. The molecular formula is C67H60N4O4S. The van der Waals surface area contributed by atoms with Crippen LogP contribution in [0.1, 0.15) is 151 Å². The molecule has 0 saturated carbocycles. The second kappa shape index (κ2) is 43.3. The number of nitrogens with one attached hydrogen (secondary N) is 1. The third-order valence-electron chi connectivity index (χ3n) is 10.6. The van der Waals surface area contributed by atoms with E-state index >= 15 is 0 Å². The number of carbonyl (C=O) groups is 4. The van der Waals surface area contributed by atoms with Gasteiger partial charge in [-0.1, -0.05) is 115 Å². The number of unbranched alkanes of at least 4 members (excludes halogenated alkanes) is 15. The summed E-state index contributed by atoms with van der Waals surface area (Å²) in [4.78, 5) is 60.7. The van der Waals surface area contributed by atoms with Gasteiger partial charge in [0.05, 0.1) is 12.1 Å². The van der Waals surface area contributed by atoms with Crippen LogP contribution < -0.4 is 5.32 Å². The van der Waals surface area contributed by atoms with Gasteiger partial charge in [-0.25, -0.2) is 0 Å². The second-order valence-electron chi connectivity index (χ2n) is 16.6. The number of hydrogen-bond acceptors (Lipinski definition) is 6. The predicted octanol–water partition coefficient (Wildman–Crippen LogP) is 7.85. The van der Waals surface area contributed by atoms with Crippen molar-refractivity contribution in [3.8, 4) is 189 Å². The van der Waals surface area contributed by atoms with Crippen LogP contribution in [0.15, 0.2) is 0 Å². The van der Waals surface area contributed by atoms with Gasteiger partial charge in [0, 0.05) is 42.8 Å². The van der Waals surface area contributed by atoms with Crippen molar-refractivity contribution < 1.29 is 19.2 Å². The molecular weight excluding hydrogens is 957 g/mol. The van der Waals surface area contributed by atoms with Gasteiger partial charge in [0.25, 0.3) is 5.91 Å². The van der Waals surface area contributed by atoms with Gasteiger partial charge in [0.15, 0.2) is 0 Å². The largest absolute Gasteiger partial charge is 0.337 e. The van der Waals surface area contributed by atoms with E-state index in [4.69, 9.17) is 0 Å². The number of fused-ring (bicyclic) bond motifs is 1. The topological polar surface area (TPSA) is 90.0 Å². The average Bonchev–Trinajstić information content (AvgIpc) is 3.77. The summed E-state index contributed by atoms with van der Waals surface area (Å²) in [6.07, 6.45) is 19.5. The van der Waals surface area contributed by atoms with Crippen LogP contribution in [0.25, 0.3) is 0 Å². The quantitative estimate of drug-likeness (QED) is 0.0946. The molecule has 1 aromatic heterocycles. The third kappa shape index (κ3) is 30.6. The van der Waals surface area contributed by atoms with Crippen LogP contribution in [0.2, 0.25) is 0 Å². The number of hydrogen-bond donors (Lipinski definition) is 1. The minimum absolute atomic E-state index is 0.0286. The van der Waals surface area contributed by atoms with E-state index in [1.165, 1.54) is 82.0 Å². The maximum atomic E-state index is 14.8. The van der Waals surface area contributed by atoms with Crippen LogP contribution in [0.4, 0.5) is 5.00 Å². The standard InChI is InChI=1S/C67H60N4O4S/c1-6-9-12-15-18-21-24-27-30-33-36-39-42-45-48-51-56-71(64(74)53-50-47-44-41-38-35-32-29-26-23-20-17-14-11-8-3)67(75)65-60-54-58-70(63(73)55-57-69(4)5)59-61(60)76-66(65)68-62(72)52-49-46-43-40-37-34-31-28-25-22-19-16-13-10-7-2/h6,9,12,15,18,21,24,27,30,33,36,39,42,45,48,51,54-59H2,1-5H3,(H,68,72). The van der Waals surface area contributed by atoms with Crippen molar-refractivity contribution in [2.45, 2.75) is 143 Å². The van der Waals surface area contributed by atoms with Crippen molar-refractivity contribution in [2.24, 2.45) is 0 Å². The molecule has 1 aliphatic rings. The van der Waals surface area contributed by atoms with Crippen molar-refractivity contribution in [2.75, 3.05) is 39.0 Å². The van der Waals surface area contributed by atoms with Crippen LogP contribution in [0.3, 0.4) is 0 Å². The van der Waals surface area contributed by atoms with Gasteiger partial charge in [-0.3, -0.25) is 24.1 Å². The Balaban J connectivity index is 2.35. The van der Waals surface area contributed by atoms with Crippen LogP contribution in [0.5, 0.6) is 0 Å². The summed E-state index contributed by atoms with van der Waals surface area (Å²) >= 11 is 1.17. The molecule has 0 atom stereocenters. The molecule has 0 radical (unpaired) electrons. The molecule has 2 heterocycles. The molecule has 0 bridgehead atoms. The lowest BCUT2D eigenvalue weighted by Crippen LogP contribution is -2.39. The molecule has 0 saturated heterocycles. The van der Waals surface area contributed by atoms with Gasteiger partial charge < -0.3 is 15.1 Å². The molecule has 1 aliphatic heterocycles. The van der Waals surface area contributed by atoms with Crippen molar-refractivity contribution in [1.29, 1.82) is 0 Å². The van der Waals surface area contributed by atoms with Gasteiger partial charge in [0.2, 0.25) is 5.91 Å². The highest BCUT2D eigenvalue weighted by Crippen LogP contribution is 2.38. The highest BCUT2D eigenvalue weighted by Gasteiger charge is 2.33. The Morgan fingerprint density at radius 3 is 1.29 bits per heavy atom. The maximum Gasteiger partial charge on any atom is 0.306 e. The SMILES string of the molecule is CC#CC#CC#CC#CC#CC#CC#CC#CC(=O)Nc1sc2c(c1C(=O)N(CCCCCCCCCCCCCCCCCC)C(=O)C#CC#CC#CC#CC#CC#CC#CC#CC)CCN(C(=O)CCN(C)C)C2. The smallest absolute Gasteiger partial charge is 0.306 e. The van der Waals surface area contributed by atoms with Crippen molar-refractivity contribution >= 4 is 40.0 Å². The number of amides is 4. The number of nitrogens with zero attached hydrogens (tertiary/aromatic N) is 3. The van der Waals surface area contributed by atoms with E-state index in [1.807, 2.05) is 19.0 Å². The molecule has 1 aromatic rings. The van der Waals surface area contributed by atoms with Crippen LogP contribution in [-0.2, 0) is 27.3 Å². The average molecular weight is 1020 g/mol. The highest BCUT2D eigenvalue weighted by molar-refractivity contribution is 7.17. The first-order chi connectivity index (χ1) is 37.2. The first kappa shape index (κ1) is 62.8. The minimum atomic E-state index is -0.755. The van der Waals surface area contributed by atoms with E-state index in [1.54, 1.807) is 18.7 Å². The van der Waals surface area contributed by atoms with Crippen LogP contribution in [0, 0.1) is 189 Å². The zero-order valence-corrected chi connectivity index (χ0v) is 45.3. The van der Waals surface area contributed by atoms with Gasteiger partial charge in [-0.2, -0.15) is 0 Å². The molecule has 76 heavy (non-hydrogen) atoms. The summed E-state index contributed by atoms with van der Waals surface area (Å²) in [7, 11) is 3.80. The Morgan fingerprint density at radius 2 is 0.882 bits per heavy atom. The lowest BCUT2D eigenvalue weighted by molar-refractivity contribution is -0.132. The normalized spacial score (nSPS) is 9.11. The Bertz CT molecular complexity index is 3310. The molecule has 0 spiro atoms. The lowest BCUT2D eigenvalue weighted by atomic mass is 10.0. The van der Waals surface area contributed by atoms with Gasteiger partial charge in [-0.15, -0.1) is 11.3 Å². The van der Waals surface area contributed by atoms with Crippen molar-refractivity contribution in [3.63, 3.8) is 0 Å². The fourth-order valence-electron chi connectivity index (χ4n) is 6.91. The minimum Gasteiger partial charge on any atom is -0.337 e. The fourth-order valence-corrected chi connectivity index (χ4v) is 8.16. The van der Waals surface area contributed by atoms with Gasteiger partial charge >= 0.3 is 11.8 Å². The van der Waals surface area contributed by atoms with E-state index in [-0.39, 0.29) is 29.6 Å². The van der Waals surface area contributed by atoms with Crippen molar-refractivity contribution in [3.05, 3.63) is 16.0 Å². The Kier molecular flexibility index (Phi) is 35.8. The van der Waals surface area contributed by atoms with Gasteiger partial charge in [-0.05, 0) is 212 Å². The summed E-state index contributed by atoms with van der Waals surface area (Å²) in [6.45, 7) is 6.87. The van der Waals surface area contributed by atoms with E-state index in [0.717, 1.165) is 35.5 Å². The lowest BCUT2D eigenvalue weighted by Gasteiger charge is -2.28. The number of carbonyl (C=O) groups excluding carboxylic acids is 4. The number of thiophene rings is 1. The Labute approximate surface area is 459 Å². The highest BCUT2D eigenvalue weighted by atomic mass is 32.1. The van der Waals surface area contributed by atoms with E-state index in [9.17, 15) is 19.2 Å². The Hall–Kier alpha value is -9.30. The first-order valence-electron chi connectivity index (χ1n) is 25.3. The van der Waals surface area contributed by atoms with Crippen LogP contribution in [-0.4, -0.2) is 72.1 Å². The number of imide groups is 1. The maximum absolute atomic E-state index is 14.8. The van der Waals surface area contributed by atoms with E-state index in [2.05, 4.69) is 202 Å². The van der Waals surface area contributed by atoms with E-state index < -0.39 is 17.7 Å². The monoisotopic (exact) mass is 1020 g/mol. The molecule has 0 unspecified atom stereocenters. The summed E-state index contributed by atoms with van der Waals surface area (Å²) < 4.78 is 0. The summed E-state index contributed by atoms with van der Waals surface area (Å²) in [6, 6.07) is 0. The molecule has 2 rings (SSSR count). The molecule has 0 fully saturated rings. The summed E-state index contributed by atoms with van der Waals surface area (Å²) in [5.41, 5.74) is 0.813. The van der Waals surface area contributed by atoms with Crippen molar-refractivity contribution in [1.82, 2.24) is 14.7 Å². The molecule has 4 amide bonds. The summed E-state index contributed by atoms with van der Waals surface area (Å²) in [5.74, 6) is 78.9. The molecule has 0 aliphatic carbocycles. The predicted molar refractivity (Wildman–Crippen MR) is 307 cm³/mol. The zero-order chi connectivity index (χ0) is 54.9. The zero-order valence-electron chi connectivity index (χ0n) is 44.4. The van der Waals surface area contributed by atoms with E-state index in [0.29, 0.717) is 37.9 Å². The molecule has 1 N–H and O–H groups in total.